The van der Waals surface area contributed by atoms with Gasteiger partial charge in [0, 0.05) is 44.6 Å². The number of hydrogen-bond acceptors (Lipinski definition) is 4. The number of carbonyl (C=O) groups is 1. The van der Waals surface area contributed by atoms with Crippen molar-refractivity contribution in [2.24, 2.45) is 0 Å². The van der Waals surface area contributed by atoms with Gasteiger partial charge in [-0.1, -0.05) is 11.6 Å². The molecule has 0 aromatic carbocycles. The summed E-state index contributed by atoms with van der Waals surface area (Å²) in [5.74, 6) is -0.167. The second-order valence-corrected chi connectivity index (χ2v) is 5.37. The van der Waals surface area contributed by atoms with Gasteiger partial charge in [0.25, 0.3) is 5.91 Å². The average molecular weight is 283 g/mol. The van der Waals surface area contributed by atoms with E-state index in [-0.39, 0.29) is 5.91 Å². The van der Waals surface area contributed by atoms with Crippen molar-refractivity contribution in [3.8, 4) is 0 Å². The summed E-state index contributed by atoms with van der Waals surface area (Å²) in [6, 6.07) is 1.95. The van der Waals surface area contributed by atoms with Crippen molar-refractivity contribution in [3.63, 3.8) is 0 Å². The molecule has 1 aromatic heterocycles. The van der Waals surface area contributed by atoms with Crippen molar-refractivity contribution in [2.45, 2.75) is 6.04 Å². The fourth-order valence-electron chi connectivity index (χ4n) is 2.17. The minimum atomic E-state index is -0.167. The molecule has 1 aliphatic rings. The van der Waals surface area contributed by atoms with Crippen LogP contribution in [0, 0.1) is 0 Å². The number of aromatic nitrogens is 1. The molecule has 1 aliphatic heterocycles. The molecule has 1 aromatic rings. The molecule has 2 rings (SSSR count). The van der Waals surface area contributed by atoms with E-state index in [0.29, 0.717) is 23.2 Å². The van der Waals surface area contributed by atoms with Gasteiger partial charge in [0.05, 0.1) is 10.6 Å². The zero-order valence-electron chi connectivity index (χ0n) is 11.3. The molecular formula is C13H19ClN4O. The fraction of sp³-hybridized carbons (Fsp3) is 0.538. The Labute approximate surface area is 118 Å². The summed E-state index contributed by atoms with van der Waals surface area (Å²) in [6.07, 6.45) is 3.07. The molecule has 1 N–H and O–H groups in total. The molecule has 1 unspecified atom stereocenters. The van der Waals surface area contributed by atoms with Gasteiger partial charge in [-0.3, -0.25) is 14.7 Å². The van der Waals surface area contributed by atoms with Crippen LogP contribution in [0.5, 0.6) is 0 Å². The maximum atomic E-state index is 12.0. The minimum Gasteiger partial charge on any atom is -0.350 e. The largest absolute Gasteiger partial charge is 0.350 e. The summed E-state index contributed by atoms with van der Waals surface area (Å²) in [5, 5.41) is 3.36. The van der Waals surface area contributed by atoms with Crippen molar-refractivity contribution in [3.05, 3.63) is 29.0 Å². The molecule has 2 heterocycles. The number of piperazine rings is 1. The maximum absolute atomic E-state index is 12.0. The van der Waals surface area contributed by atoms with Crippen molar-refractivity contribution < 1.29 is 4.79 Å². The zero-order chi connectivity index (χ0) is 13.8. The number of likely N-dealkylation sites (N-methyl/N-ethyl adjacent to an activating group) is 2. The van der Waals surface area contributed by atoms with Crippen LogP contribution < -0.4 is 5.32 Å². The third-order valence-corrected chi connectivity index (χ3v) is 3.82. The van der Waals surface area contributed by atoms with Crippen LogP contribution in [0.25, 0.3) is 0 Å². The van der Waals surface area contributed by atoms with Gasteiger partial charge in [-0.15, -0.1) is 0 Å². The van der Waals surface area contributed by atoms with Crippen LogP contribution in [-0.2, 0) is 0 Å². The molecule has 6 heteroatoms. The summed E-state index contributed by atoms with van der Waals surface area (Å²) in [5.41, 5.74) is 0.427. The Balaban J connectivity index is 1.91. The number of halogens is 1. The normalized spacial score (nSPS) is 21.3. The van der Waals surface area contributed by atoms with E-state index in [1.165, 1.54) is 6.20 Å². The molecule has 0 spiro atoms. The Kier molecular flexibility index (Phi) is 4.74. The van der Waals surface area contributed by atoms with E-state index < -0.39 is 0 Å². The van der Waals surface area contributed by atoms with Gasteiger partial charge in [-0.25, -0.2) is 0 Å². The first kappa shape index (κ1) is 14.2. The van der Waals surface area contributed by atoms with Crippen molar-refractivity contribution in [1.29, 1.82) is 0 Å². The molecule has 104 valence electrons. The Bertz CT molecular complexity index is 454. The molecule has 5 nitrogen and oxygen atoms in total. The van der Waals surface area contributed by atoms with Crippen molar-refractivity contribution >= 4 is 17.5 Å². The van der Waals surface area contributed by atoms with Crippen molar-refractivity contribution in [1.82, 2.24) is 20.1 Å². The molecule has 1 amide bonds. The monoisotopic (exact) mass is 282 g/mol. The Morgan fingerprint density at radius 2 is 2.32 bits per heavy atom. The summed E-state index contributed by atoms with van der Waals surface area (Å²) in [7, 11) is 4.18. The summed E-state index contributed by atoms with van der Waals surface area (Å²) < 4.78 is 0. The van der Waals surface area contributed by atoms with E-state index in [2.05, 4.69) is 34.2 Å². The highest BCUT2D eigenvalue weighted by Crippen LogP contribution is 2.13. The van der Waals surface area contributed by atoms with E-state index in [4.69, 9.17) is 11.6 Å². The second-order valence-electron chi connectivity index (χ2n) is 4.96. The fourth-order valence-corrected chi connectivity index (χ4v) is 2.36. The highest BCUT2D eigenvalue weighted by Gasteiger charge is 2.22. The third-order valence-electron chi connectivity index (χ3n) is 3.49. The first-order chi connectivity index (χ1) is 9.08. The number of amides is 1. The van der Waals surface area contributed by atoms with Crippen LogP contribution >= 0.6 is 11.6 Å². The second kappa shape index (κ2) is 6.32. The zero-order valence-corrected chi connectivity index (χ0v) is 12.0. The molecule has 19 heavy (non-hydrogen) atoms. The number of nitrogens with zero attached hydrogens (tertiary/aromatic N) is 3. The predicted octanol–water partition coefficient (Wildman–Crippen LogP) is 0.711. The summed E-state index contributed by atoms with van der Waals surface area (Å²) >= 11 is 5.97. The van der Waals surface area contributed by atoms with Crippen molar-refractivity contribution in [2.75, 3.05) is 40.3 Å². The number of pyridine rings is 1. The van der Waals surface area contributed by atoms with Gasteiger partial charge in [-0.05, 0) is 20.2 Å². The standard InChI is InChI=1S/C13H19ClN4O/c1-17-5-6-18(2)10(9-17)7-16-13(19)11-8-15-4-3-12(11)14/h3-4,8,10H,5-7,9H2,1-2H3,(H,16,19). The Morgan fingerprint density at radius 1 is 1.53 bits per heavy atom. The lowest BCUT2D eigenvalue weighted by Gasteiger charge is -2.37. The molecule has 0 aliphatic carbocycles. The lowest BCUT2D eigenvalue weighted by atomic mass is 10.2. The van der Waals surface area contributed by atoms with Crippen LogP contribution in [0.1, 0.15) is 10.4 Å². The number of hydrogen-bond donors (Lipinski definition) is 1. The van der Waals surface area contributed by atoms with E-state index in [1.807, 2.05) is 0 Å². The smallest absolute Gasteiger partial charge is 0.254 e. The van der Waals surface area contributed by atoms with Gasteiger partial charge in [0.1, 0.15) is 0 Å². The van der Waals surface area contributed by atoms with Gasteiger partial charge < -0.3 is 10.2 Å². The van der Waals surface area contributed by atoms with Crippen LogP contribution in [0.3, 0.4) is 0 Å². The van der Waals surface area contributed by atoms with Crippen LogP contribution in [0.4, 0.5) is 0 Å². The number of nitrogens with one attached hydrogen (secondary N) is 1. The Morgan fingerprint density at radius 3 is 3.05 bits per heavy atom. The molecule has 0 radical (unpaired) electrons. The number of rotatable bonds is 3. The molecule has 0 saturated carbocycles. The molecule has 1 fully saturated rings. The Hall–Kier alpha value is -1.17. The van der Waals surface area contributed by atoms with Gasteiger partial charge in [0.15, 0.2) is 0 Å². The van der Waals surface area contributed by atoms with Crippen LogP contribution in [0.2, 0.25) is 5.02 Å². The lowest BCUT2D eigenvalue weighted by molar-refractivity contribution is 0.0881. The lowest BCUT2D eigenvalue weighted by Crippen LogP contribution is -2.54. The molecule has 0 bridgehead atoms. The summed E-state index contributed by atoms with van der Waals surface area (Å²) in [4.78, 5) is 20.5. The topological polar surface area (TPSA) is 48.5 Å². The van der Waals surface area contributed by atoms with Crippen LogP contribution in [0.15, 0.2) is 18.5 Å². The average Bonchev–Trinajstić information content (AvgIpc) is 2.40. The maximum Gasteiger partial charge on any atom is 0.254 e. The predicted molar refractivity (Wildman–Crippen MR) is 75.5 cm³/mol. The quantitative estimate of drug-likeness (QED) is 0.887. The minimum absolute atomic E-state index is 0.167. The van der Waals surface area contributed by atoms with E-state index in [9.17, 15) is 4.79 Å². The highest BCUT2D eigenvalue weighted by molar-refractivity contribution is 6.33. The van der Waals surface area contributed by atoms with Gasteiger partial charge in [-0.2, -0.15) is 0 Å². The number of carbonyl (C=O) groups excluding carboxylic acids is 1. The van der Waals surface area contributed by atoms with E-state index in [0.717, 1.165) is 19.6 Å². The van der Waals surface area contributed by atoms with Crippen LogP contribution in [-0.4, -0.2) is 67.0 Å². The van der Waals surface area contributed by atoms with E-state index >= 15 is 0 Å². The first-order valence-electron chi connectivity index (χ1n) is 6.34. The third kappa shape index (κ3) is 3.65. The van der Waals surface area contributed by atoms with Gasteiger partial charge >= 0.3 is 0 Å². The summed E-state index contributed by atoms with van der Waals surface area (Å²) in [6.45, 7) is 3.66. The highest BCUT2D eigenvalue weighted by atomic mass is 35.5. The van der Waals surface area contributed by atoms with E-state index in [1.54, 1.807) is 12.3 Å². The SMILES string of the molecule is CN1CCN(C)C(CNC(=O)c2cnccc2Cl)C1. The molecule has 1 saturated heterocycles. The molecule has 1 atom stereocenters. The molecular weight excluding hydrogens is 264 g/mol. The first-order valence-corrected chi connectivity index (χ1v) is 6.72. The van der Waals surface area contributed by atoms with Gasteiger partial charge in [0.2, 0.25) is 0 Å².